The Hall–Kier alpha value is -0.770. The molecule has 2 aromatic rings. The van der Waals surface area contributed by atoms with E-state index in [4.69, 9.17) is 21.4 Å². The van der Waals surface area contributed by atoms with Crippen LogP contribution < -0.4 is 34.3 Å². The van der Waals surface area contributed by atoms with Crippen LogP contribution in [0.15, 0.2) is 51.1 Å². The van der Waals surface area contributed by atoms with E-state index in [1.165, 1.54) is 30.3 Å². The van der Waals surface area contributed by atoms with Gasteiger partial charge >= 0.3 is 35.5 Å². The Kier molecular flexibility index (Phi) is 8.24. The van der Waals surface area contributed by atoms with E-state index in [1.54, 1.807) is 0 Å². The Morgan fingerprint density at radius 3 is 2.52 bits per heavy atom. The molecule has 0 heterocycles. The monoisotopic (exact) mass is 414 g/mol. The van der Waals surface area contributed by atoms with Gasteiger partial charge in [-0.2, -0.15) is 0 Å². The van der Waals surface area contributed by atoms with Crippen molar-refractivity contribution in [3.8, 4) is 5.75 Å². The molecule has 0 radical (unpaired) electrons. The largest absolute Gasteiger partial charge is 1.00 e. The normalized spacial score (nSPS) is 10.8. The van der Waals surface area contributed by atoms with Crippen LogP contribution in [0.2, 0.25) is 5.02 Å². The number of carboxylic acids is 1. The zero-order valence-corrected chi connectivity index (χ0v) is 17.7. The average Bonchev–Trinajstić information content (AvgIpc) is 2.47. The summed E-state index contributed by atoms with van der Waals surface area (Å²) in [5.41, 5.74) is 0. The molecule has 0 aliphatic heterocycles. The summed E-state index contributed by atoms with van der Waals surface area (Å²) in [5, 5.41) is 8.85. The van der Waals surface area contributed by atoms with E-state index in [-0.39, 0.29) is 46.7 Å². The van der Waals surface area contributed by atoms with Crippen molar-refractivity contribution < 1.29 is 58.4 Å². The number of halogens is 2. The molecule has 2 aromatic carbocycles. The molecular formula is C15H13ClFNaO5S2. The Morgan fingerprint density at radius 1 is 1.28 bits per heavy atom. The first-order valence-electron chi connectivity index (χ1n) is 6.48. The Morgan fingerprint density at radius 2 is 1.96 bits per heavy atom. The van der Waals surface area contributed by atoms with E-state index in [2.05, 4.69) is 0 Å². The van der Waals surface area contributed by atoms with E-state index < -0.39 is 28.2 Å². The second-order valence-electron chi connectivity index (χ2n) is 4.74. The second-order valence-corrected chi connectivity index (χ2v) is 8.25. The molecular weight excluding hydrogens is 402 g/mol. The summed E-state index contributed by atoms with van der Waals surface area (Å²) < 4.78 is 41.6. The molecule has 0 saturated heterocycles. The topological polar surface area (TPSA) is 80.7 Å². The molecule has 5 nitrogen and oxygen atoms in total. The van der Waals surface area contributed by atoms with Crippen molar-refractivity contribution in [1.82, 2.24) is 0 Å². The molecule has 0 fully saturated rings. The van der Waals surface area contributed by atoms with Gasteiger partial charge in [0.15, 0.2) is 16.4 Å². The number of rotatable bonds is 6. The molecule has 2 rings (SSSR count). The quantitative estimate of drug-likeness (QED) is 0.698. The number of aliphatic carboxylic acids is 1. The molecule has 0 saturated carbocycles. The van der Waals surface area contributed by atoms with Gasteiger partial charge in [0.05, 0.1) is 14.8 Å². The van der Waals surface area contributed by atoms with Gasteiger partial charge in [-0.25, -0.2) is 17.6 Å². The van der Waals surface area contributed by atoms with Crippen molar-refractivity contribution in [1.29, 1.82) is 0 Å². The van der Waals surface area contributed by atoms with E-state index in [0.717, 1.165) is 24.1 Å². The van der Waals surface area contributed by atoms with Crippen molar-refractivity contribution in [2.45, 2.75) is 14.7 Å². The molecule has 1 N–H and O–H groups in total. The van der Waals surface area contributed by atoms with Gasteiger partial charge in [-0.1, -0.05) is 23.4 Å². The minimum Gasteiger partial charge on any atom is -1.00 e. The number of hydrogen-bond acceptors (Lipinski definition) is 5. The van der Waals surface area contributed by atoms with Crippen LogP contribution >= 0.6 is 23.4 Å². The van der Waals surface area contributed by atoms with Crippen LogP contribution in [-0.4, -0.2) is 32.4 Å². The van der Waals surface area contributed by atoms with Gasteiger partial charge in [-0.05, 0) is 36.4 Å². The fraction of sp³-hybridized carbons (Fsp3) is 0.133. The van der Waals surface area contributed by atoms with Crippen LogP contribution in [0.4, 0.5) is 4.39 Å². The molecule has 0 atom stereocenters. The Labute approximate surface area is 177 Å². The maximum atomic E-state index is 13.5. The predicted octanol–water partition coefficient (Wildman–Crippen LogP) is 0.614. The number of ether oxygens (including phenoxy) is 1. The van der Waals surface area contributed by atoms with E-state index >= 15 is 0 Å². The van der Waals surface area contributed by atoms with Crippen molar-refractivity contribution >= 4 is 39.2 Å². The molecule has 0 spiro atoms. The van der Waals surface area contributed by atoms with E-state index in [1.807, 2.05) is 0 Å². The third-order valence-electron chi connectivity index (χ3n) is 2.81. The zero-order chi connectivity index (χ0) is 17.9. The molecule has 0 aromatic heterocycles. The number of carboxylic acid groups (broad SMARTS) is 1. The summed E-state index contributed by atoms with van der Waals surface area (Å²) in [6, 6.07) is 7.84. The van der Waals surface area contributed by atoms with Crippen LogP contribution in [0.5, 0.6) is 5.75 Å². The maximum Gasteiger partial charge on any atom is 1.00 e. The minimum atomic E-state index is -3.39. The van der Waals surface area contributed by atoms with Crippen LogP contribution in [0.3, 0.4) is 0 Å². The first kappa shape index (κ1) is 22.3. The first-order valence-corrected chi connectivity index (χ1v) is 9.57. The van der Waals surface area contributed by atoms with Gasteiger partial charge < -0.3 is 11.3 Å². The van der Waals surface area contributed by atoms with Crippen LogP contribution in [0, 0.1) is 5.82 Å². The second kappa shape index (κ2) is 9.25. The Bertz CT molecular complexity index is 896. The smallest absolute Gasteiger partial charge is 1.00 e. The summed E-state index contributed by atoms with van der Waals surface area (Å²) in [4.78, 5) is 11.5. The van der Waals surface area contributed by atoms with Crippen LogP contribution in [-0.2, 0) is 14.6 Å². The summed E-state index contributed by atoms with van der Waals surface area (Å²) in [6.07, 6.45) is 1.07. The standard InChI is InChI=1S/C15H12ClFO5S2.Na.H/c1-24(20,21)10-3-5-13(11(16)7-10)23-14-6-9(17)2-4-12(14)22-8-15(18)19;;/h2-7H,8H2,1H3,(H,18,19);;/q;+1;-1. The zero-order valence-electron chi connectivity index (χ0n) is 14.3. The maximum absolute atomic E-state index is 13.5. The summed E-state index contributed by atoms with van der Waals surface area (Å²) in [7, 11) is -3.39. The van der Waals surface area contributed by atoms with Crippen molar-refractivity contribution in [2.24, 2.45) is 0 Å². The number of sulfone groups is 1. The van der Waals surface area contributed by atoms with Gasteiger partial charge in [-0.3, -0.25) is 0 Å². The molecule has 0 aliphatic rings. The van der Waals surface area contributed by atoms with Gasteiger partial charge in [0, 0.05) is 11.2 Å². The fourth-order valence-corrected chi connectivity index (χ4v) is 3.67. The predicted molar refractivity (Wildman–Crippen MR) is 89.3 cm³/mol. The van der Waals surface area contributed by atoms with Gasteiger partial charge in [0.1, 0.15) is 11.6 Å². The Balaban J connectivity index is 0.00000312. The van der Waals surface area contributed by atoms with Crippen molar-refractivity contribution in [3.05, 3.63) is 47.2 Å². The summed E-state index contributed by atoms with van der Waals surface area (Å²) in [5.74, 6) is -1.50. The minimum absolute atomic E-state index is 0. The van der Waals surface area contributed by atoms with E-state index in [9.17, 15) is 17.6 Å². The van der Waals surface area contributed by atoms with Crippen LogP contribution in [0.1, 0.15) is 1.43 Å². The summed E-state index contributed by atoms with van der Waals surface area (Å²) >= 11 is 7.13. The SMILES string of the molecule is CS(=O)(=O)c1ccc(Sc2cc(F)ccc2OCC(=O)O)c(Cl)c1.[H-].[Na+]. The third-order valence-corrected chi connectivity index (χ3v) is 5.46. The summed E-state index contributed by atoms with van der Waals surface area (Å²) in [6.45, 7) is -0.570. The average molecular weight is 415 g/mol. The molecule has 10 heteroatoms. The molecule has 25 heavy (non-hydrogen) atoms. The third kappa shape index (κ3) is 6.47. The number of carbonyl (C=O) groups is 1. The van der Waals surface area contributed by atoms with Crippen molar-refractivity contribution in [3.63, 3.8) is 0 Å². The molecule has 0 unspecified atom stereocenters. The van der Waals surface area contributed by atoms with Crippen molar-refractivity contribution in [2.75, 3.05) is 12.9 Å². The van der Waals surface area contributed by atoms with E-state index in [0.29, 0.717) is 9.79 Å². The van der Waals surface area contributed by atoms with Gasteiger partial charge in [-0.15, -0.1) is 0 Å². The first-order chi connectivity index (χ1) is 11.2. The molecule has 0 amide bonds. The van der Waals surface area contributed by atoms with Gasteiger partial charge in [0.2, 0.25) is 0 Å². The molecule has 130 valence electrons. The number of hydrogen-bond donors (Lipinski definition) is 1. The molecule has 0 aliphatic carbocycles. The van der Waals surface area contributed by atoms with Gasteiger partial charge in [0.25, 0.3) is 0 Å². The number of benzene rings is 2. The fourth-order valence-electron chi connectivity index (χ4n) is 1.73. The molecule has 0 bridgehead atoms. The van der Waals surface area contributed by atoms with Crippen LogP contribution in [0.25, 0.3) is 0 Å².